The van der Waals surface area contributed by atoms with Gasteiger partial charge in [0.2, 0.25) is 0 Å². The average molecular weight is 409 g/mol. The number of rotatable bonds is 10. The molecule has 0 N–H and O–H groups in total. The van der Waals surface area contributed by atoms with Crippen molar-refractivity contribution in [3.8, 4) is 11.5 Å². The normalized spacial score (nSPS) is 12.5. The number of imide groups is 1. The molecule has 0 bridgehead atoms. The molecule has 0 radical (unpaired) electrons. The first-order chi connectivity index (χ1) is 14.6. The van der Waals surface area contributed by atoms with Crippen LogP contribution >= 0.6 is 0 Å². The van der Waals surface area contributed by atoms with Gasteiger partial charge in [0.05, 0.1) is 30.4 Å². The first kappa shape index (κ1) is 21.1. The van der Waals surface area contributed by atoms with Crippen molar-refractivity contribution in [3.05, 3.63) is 71.8 Å². The maximum Gasteiger partial charge on any atom is 0.338 e. The Labute approximate surface area is 174 Å². The fourth-order valence-electron chi connectivity index (χ4n) is 3.12. The van der Waals surface area contributed by atoms with Gasteiger partial charge in [-0.3, -0.25) is 14.5 Å². The molecule has 1 aliphatic heterocycles. The number of carbonyl (C=O) groups excluding carboxylic acids is 3. The van der Waals surface area contributed by atoms with E-state index in [0.29, 0.717) is 47.6 Å². The SMILES string of the molecule is C=CCOc1ccc(C(=O)OCCCCN2C(=O)c3ccccc3C2=O)cc1OC. The summed E-state index contributed by atoms with van der Waals surface area (Å²) in [5.74, 6) is -0.104. The van der Waals surface area contributed by atoms with E-state index in [2.05, 4.69) is 6.58 Å². The predicted molar refractivity (Wildman–Crippen MR) is 110 cm³/mol. The summed E-state index contributed by atoms with van der Waals surface area (Å²) in [7, 11) is 1.49. The Morgan fingerprint density at radius 2 is 1.73 bits per heavy atom. The number of unbranched alkanes of at least 4 members (excludes halogenated alkanes) is 1. The van der Waals surface area contributed by atoms with E-state index in [-0.39, 0.29) is 25.0 Å². The smallest absolute Gasteiger partial charge is 0.338 e. The molecule has 1 heterocycles. The summed E-state index contributed by atoms with van der Waals surface area (Å²) in [5, 5.41) is 0. The summed E-state index contributed by atoms with van der Waals surface area (Å²) in [6.07, 6.45) is 2.68. The van der Waals surface area contributed by atoms with E-state index in [1.807, 2.05) is 0 Å². The van der Waals surface area contributed by atoms with Crippen LogP contribution in [0.25, 0.3) is 0 Å². The van der Waals surface area contributed by atoms with E-state index >= 15 is 0 Å². The Kier molecular flexibility index (Phi) is 6.85. The number of hydrogen-bond acceptors (Lipinski definition) is 6. The third-order valence-electron chi connectivity index (χ3n) is 4.64. The molecule has 0 unspecified atom stereocenters. The lowest BCUT2D eigenvalue weighted by atomic mass is 10.1. The van der Waals surface area contributed by atoms with Crippen molar-refractivity contribution in [2.45, 2.75) is 12.8 Å². The lowest BCUT2D eigenvalue weighted by Gasteiger charge is -2.13. The van der Waals surface area contributed by atoms with Crippen LogP contribution in [-0.4, -0.2) is 49.6 Å². The van der Waals surface area contributed by atoms with Gasteiger partial charge in [0, 0.05) is 6.54 Å². The van der Waals surface area contributed by atoms with Crippen LogP contribution in [0.2, 0.25) is 0 Å². The van der Waals surface area contributed by atoms with Gasteiger partial charge < -0.3 is 14.2 Å². The van der Waals surface area contributed by atoms with Crippen molar-refractivity contribution >= 4 is 17.8 Å². The van der Waals surface area contributed by atoms with E-state index in [1.165, 1.54) is 12.0 Å². The number of ether oxygens (including phenoxy) is 3. The van der Waals surface area contributed by atoms with Crippen molar-refractivity contribution in [1.29, 1.82) is 0 Å². The molecule has 1 aliphatic rings. The molecule has 2 amide bonds. The number of carbonyl (C=O) groups is 3. The minimum Gasteiger partial charge on any atom is -0.493 e. The first-order valence-electron chi connectivity index (χ1n) is 9.61. The lowest BCUT2D eigenvalue weighted by Crippen LogP contribution is -2.30. The van der Waals surface area contributed by atoms with Crippen LogP contribution in [0.5, 0.6) is 11.5 Å². The van der Waals surface area contributed by atoms with Crippen molar-refractivity contribution in [2.75, 3.05) is 26.9 Å². The maximum atomic E-state index is 12.3. The zero-order valence-electron chi connectivity index (χ0n) is 16.8. The molecule has 7 nitrogen and oxygen atoms in total. The van der Waals surface area contributed by atoms with Crippen LogP contribution in [0.15, 0.2) is 55.1 Å². The molecule has 0 aliphatic carbocycles. The van der Waals surface area contributed by atoms with Crippen molar-refractivity contribution in [3.63, 3.8) is 0 Å². The zero-order chi connectivity index (χ0) is 21.5. The largest absolute Gasteiger partial charge is 0.493 e. The maximum absolute atomic E-state index is 12.3. The standard InChI is InChI=1S/C23H23NO6/c1-3-13-29-19-11-10-16(15-20(19)28-2)23(27)30-14-7-6-12-24-21(25)17-8-4-5-9-18(17)22(24)26/h3-5,8-11,15H,1,6-7,12-14H2,2H3. The van der Waals surface area contributed by atoms with E-state index in [9.17, 15) is 14.4 Å². The Morgan fingerprint density at radius 1 is 1.03 bits per heavy atom. The van der Waals surface area contributed by atoms with Gasteiger partial charge in [-0.15, -0.1) is 0 Å². The van der Waals surface area contributed by atoms with Gasteiger partial charge in [-0.2, -0.15) is 0 Å². The van der Waals surface area contributed by atoms with Gasteiger partial charge in [-0.05, 0) is 43.2 Å². The van der Waals surface area contributed by atoms with Crippen LogP contribution in [0, 0.1) is 0 Å². The summed E-state index contributed by atoms with van der Waals surface area (Å²) in [5.41, 5.74) is 1.21. The van der Waals surface area contributed by atoms with E-state index < -0.39 is 5.97 Å². The van der Waals surface area contributed by atoms with Gasteiger partial charge in [0.25, 0.3) is 11.8 Å². The van der Waals surface area contributed by atoms with E-state index in [0.717, 1.165) is 0 Å². The third-order valence-corrected chi connectivity index (χ3v) is 4.64. The summed E-state index contributed by atoms with van der Waals surface area (Å²) < 4.78 is 16.0. The molecular weight excluding hydrogens is 386 g/mol. The van der Waals surface area contributed by atoms with Crippen LogP contribution in [-0.2, 0) is 4.74 Å². The highest BCUT2D eigenvalue weighted by molar-refractivity contribution is 6.21. The molecule has 0 atom stereocenters. The lowest BCUT2D eigenvalue weighted by molar-refractivity contribution is 0.0485. The van der Waals surface area contributed by atoms with Crippen LogP contribution in [0.3, 0.4) is 0 Å². The van der Waals surface area contributed by atoms with E-state index in [1.54, 1.807) is 48.5 Å². The molecule has 3 rings (SSSR count). The van der Waals surface area contributed by atoms with Crippen molar-refractivity contribution in [1.82, 2.24) is 4.90 Å². The summed E-state index contributed by atoms with van der Waals surface area (Å²) >= 11 is 0. The van der Waals surface area contributed by atoms with Gasteiger partial charge in [0.15, 0.2) is 11.5 Å². The van der Waals surface area contributed by atoms with E-state index in [4.69, 9.17) is 14.2 Å². The molecular formula is C23H23NO6. The number of methoxy groups -OCH3 is 1. The molecule has 0 spiro atoms. The minimum atomic E-state index is -0.482. The Bertz CT molecular complexity index is 933. The number of fused-ring (bicyclic) bond motifs is 1. The third kappa shape index (κ3) is 4.51. The molecule has 2 aromatic carbocycles. The van der Waals surface area contributed by atoms with Crippen LogP contribution < -0.4 is 9.47 Å². The van der Waals surface area contributed by atoms with Gasteiger partial charge >= 0.3 is 5.97 Å². The molecule has 0 fully saturated rings. The Balaban J connectivity index is 1.46. The summed E-state index contributed by atoms with van der Waals surface area (Å²) in [6.45, 7) is 4.38. The fraction of sp³-hybridized carbons (Fsp3) is 0.261. The molecule has 30 heavy (non-hydrogen) atoms. The average Bonchev–Trinajstić information content (AvgIpc) is 3.02. The first-order valence-corrected chi connectivity index (χ1v) is 9.61. The highest BCUT2D eigenvalue weighted by Crippen LogP contribution is 2.28. The second-order valence-electron chi connectivity index (χ2n) is 6.62. The minimum absolute atomic E-state index is 0.180. The molecule has 0 saturated heterocycles. The Morgan fingerprint density at radius 3 is 2.37 bits per heavy atom. The number of esters is 1. The van der Waals surface area contributed by atoms with Gasteiger partial charge in [0.1, 0.15) is 6.61 Å². The number of amides is 2. The molecule has 156 valence electrons. The van der Waals surface area contributed by atoms with Gasteiger partial charge in [-0.25, -0.2) is 4.79 Å². The number of hydrogen-bond donors (Lipinski definition) is 0. The molecule has 2 aromatic rings. The monoisotopic (exact) mass is 409 g/mol. The second-order valence-corrected chi connectivity index (χ2v) is 6.62. The molecule has 7 heteroatoms. The second kappa shape index (κ2) is 9.73. The number of benzene rings is 2. The Hall–Kier alpha value is -3.61. The fourth-order valence-corrected chi connectivity index (χ4v) is 3.12. The topological polar surface area (TPSA) is 82.1 Å². The highest BCUT2D eigenvalue weighted by atomic mass is 16.5. The highest BCUT2D eigenvalue weighted by Gasteiger charge is 2.34. The quantitative estimate of drug-likeness (QED) is 0.259. The van der Waals surface area contributed by atoms with Crippen molar-refractivity contribution < 1.29 is 28.6 Å². The molecule has 0 saturated carbocycles. The zero-order valence-corrected chi connectivity index (χ0v) is 16.8. The summed E-state index contributed by atoms with van der Waals surface area (Å²) in [4.78, 5) is 38.1. The van der Waals surface area contributed by atoms with Crippen molar-refractivity contribution in [2.24, 2.45) is 0 Å². The summed E-state index contributed by atoms with van der Waals surface area (Å²) in [6, 6.07) is 11.6. The van der Waals surface area contributed by atoms with Crippen LogP contribution in [0.4, 0.5) is 0 Å². The van der Waals surface area contributed by atoms with Gasteiger partial charge in [-0.1, -0.05) is 24.8 Å². The predicted octanol–water partition coefficient (Wildman–Crippen LogP) is 3.49. The van der Waals surface area contributed by atoms with Crippen LogP contribution in [0.1, 0.15) is 43.9 Å². The molecule has 0 aromatic heterocycles. The number of nitrogens with zero attached hydrogens (tertiary/aromatic N) is 1.